The van der Waals surface area contributed by atoms with Crippen LogP contribution in [-0.4, -0.2) is 26.6 Å². The van der Waals surface area contributed by atoms with Gasteiger partial charge in [0.05, 0.1) is 5.56 Å². The maximum Gasteiger partial charge on any atom is 0.254 e. The predicted molar refractivity (Wildman–Crippen MR) is 115 cm³/mol. The second kappa shape index (κ2) is 9.22. The zero-order valence-electron chi connectivity index (χ0n) is 17.3. The molecule has 0 saturated heterocycles. The first-order chi connectivity index (χ1) is 13.5. The van der Waals surface area contributed by atoms with Crippen molar-refractivity contribution >= 4 is 21.4 Å². The van der Waals surface area contributed by atoms with Crippen LogP contribution >= 0.6 is 0 Å². The molecule has 29 heavy (non-hydrogen) atoms. The maximum absolute atomic E-state index is 14.5. The largest absolute Gasteiger partial charge is 0.378 e. The highest BCUT2D eigenvalue weighted by molar-refractivity contribution is 7.93. The highest BCUT2D eigenvalue weighted by atomic mass is 32.2. The zero-order valence-corrected chi connectivity index (χ0v) is 18.1. The van der Waals surface area contributed by atoms with Gasteiger partial charge in [0.15, 0.2) is 9.84 Å². The van der Waals surface area contributed by atoms with Crippen LogP contribution in [0.15, 0.2) is 47.9 Å². The molecule has 0 radical (unpaired) electrons. The summed E-state index contributed by atoms with van der Waals surface area (Å²) < 4.78 is 36.8. The molecule has 0 unspecified atom stereocenters. The van der Waals surface area contributed by atoms with Crippen LogP contribution in [0.4, 0.5) is 10.1 Å². The van der Waals surface area contributed by atoms with E-state index in [0.29, 0.717) is 5.69 Å². The Balaban J connectivity index is 2.09. The van der Waals surface area contributed by atoms with Gasteiger partial charge in [-0.25, -0.2) is 12.8 Å². The van der Waals surface area contributed by atoms with E-state index in [1.54, 1.807) is 13.0 Å². The van der Waals surface area contributed by atoms with Crippen LogP contribution in [0.2, 0.25) is 0 Å². The number of sulfone groups is 1. The Morgan fingerprint density at radius 1 is 1.10 bits per heavy atom. The van der Waals surface area contributed by atoms with E-state index < -0.39 is 27.6 Å². The molecule has 0 bridgehead atoms. The first-order valence-electron chi connectivity index (χ1n) is 9.28. The first-order valence-corrected chi connectivity index (χ1v) is 11.2. The number of benzene rings is 2. The van der Waals surface area contributed by atoms with Crippen molar-refractivity contribution in [2.24, 2.45) is 0 Å². The summed E-state index contributed by atoms with van der Waals surface area (Å²) in [5.74, 6) is -1.26. The summed E-state index contributed by atoms with van der Waals surface area (Å²) in [4.78, 5) is 12.3. The average molecular weight is 419 g/mol. The molecule has 0 heterocycles. The van der Waals surface area contributed by atoms with E-state index >= 15 is 0 Å². The Bertz CT molecular complexity index is 1030. The number of amides is 1. The van der Waals surface area contributed by atoms with Crippen molar-refractivity contribution in [3.8, 4) is 0 Å². The van der Waals surface area contributed by atoms with Crippen molar-refractivity contribution in [2.45, 2.75) is 39.8 Å². The molecule has 2 aromatic carbocycles. The Morgan fingerprint density at radius 2 is 1.79 bits per heavy atom. The Labute approximate surface area is 172 Å². The smallest absolute Gasteiger partial charge is 0.254 e. The molecule has 156 valence electrons. The van der Waals surface area contributed by atoms with Crippen molar-refractivity contribution < 1.29 is 17.6 Å². The van der Waals surface area contributed by atoms with E-state index in [2.05, 4.69) is 16.7 Å². The molecule has 0 aromatic heterocycles. The Hall–Kier alpha value is -2.67. The molecule has 0 fully saturated rings. The van der Waals surface area contributed by atoms with Crippen molar-refractivity contribution in [3.05, 3.63) is 76.0 Å². The third-order valence-electron chi connectivity index (χ3n) is 4.46. The van der Waals surface area contributed by atoms with Gasteiger partial charge in [-0.2, -0.15) is 0 Å². The Kier molecular flexibility index (Phi) is 7.19. The minimum atomic E-state index is -3.29. The molecule has 0 aliphatic carbocycles. The lowest BCUT2D eigenvalue weighted by Gasteiger charge is -2.19. The second-order valence-corrected chi connectivity index (χ2v) is 9.27. The highest BCUT2D eigenvalue weighted by Gasteiger charge is 2.15. The van der Waals surface area contributed by atoms with Crippen molar-refractivity contribution in [2.75, 3.05) is 11.6 Å². The summed E-state index contributed by atoms with van der Waals surface area (Å²) in [7, 11) is -3.29. The summed E-state index contributed by atoms with van der Waals surface area (Å²) in [5.41, 5.74) is 3.91. The normalized spacial score (nSPS) is 13.9. The number of aryl methyl sites for hydroxylation is 2. The monoisotopic (exact) mass is 418 g/mol. The van der Waals surface area contributed by atoms with E-state index in [9.17, 15) is 17.6 Å². The van der Waals surface area contributed by atoms with E-state index in [0.717, 1.165) is 22.8 Å². The van der Waals surface area contributed by atoms with Crippen LogP contribution < -0.4 is 10.6 Å². The topological polar surface area (TPSA) is 75.3 Å². The number of halogens is 1. The van der Waals surface area contributed by atoms with Gasteiger partial charge < -0.3 is 10.6 Å². The SMILES string of the molecule is Cc1ccc([C@H](C)Nc2ccc(C(=O)N[C@H](C)/C=C/S(C)(=O)=O)c(F)c2)c(C)c1. The molecule has 2 N–H and O–H groups in total. The summed E-state index contributed by atoms with van der Waals surface area (Å²) in [6, 6.07) is 9.94. The van der Waals surface area contributed by atoms with Crippen LogP contribution in [0.3, 0.4) is 0 Å². The molecular formula is C22H27FN2O3S. The lowest BCUT2D eigenvalue weighted by atomic mass is 10.00. The zero-order chi connectivity index (χ0) is 21.8. The molecule has 2 rings (SSSR count). The fourth-order valence-corrected chi connectivity index (χ4v) is 3.54. The first kappa shape index (κ1) is 22.6. The number of rotatable bonds is 7. The standard InChI is InChI=1S/C22H27FN2O3S/c1-14-6-8-19(15(2)12-14)17(4)25-18-7-9-20(21(23)13-18)22(26)24-16(3)10-11-29(5,27)28/h6-13,16-17,25H,1-5H3,(H,24,26)/b11-10+/t16-,17+/m1/s1. The van der Waals surface area contributed by atoms with Crippen LogP contribution in [0.5, 0.6) is 0 Å². The molecule has 0 spiro atoms. The molecule has 1 amide bonds. The number of hydrogen-bond acceptors (Lipinski definition) is 4. The fourth-order valence-electron chi connectivity index (χ4n) is 3.02. The summed E-state index contributed by atoms with van der Waals surface area (Å²) in [6.07, 6.45) is 2.40. The maximum atomic E-state index is 14.5. The highest BCUT2D eigenvalue weighted by Crippen LogP contribution is 2.24. The molecule has 0 saturated carbocycles. The lowest BCUT2D eigenvalue weighted by molar-refractivity contribution is 0.0943. The minimum Gasteiger partial charge on any atom is -0.378 e. The van der Waals surface area contributed by atoms with Crippen LogP contribution in [0.25, 0.3) is 0 Å². The number of carbonyl (C=O) groups is 1. The van der Waals surface area contributed by atoms with Crippen LogP contribution in [-0.2, 0) is 9.84 Å². The van der Waals surface area contributed by atoms with Gasteiger partial charge in [-0.1, -0.05) is 29.8 Å². The number of carbonyl (C=O) groups excluding carboxylic acids is 1. The summed E-state index contributed by atoms with van der Waals surface area (Å²) >= 11 is 0. The van der Waals surface area contributed by atoms with Gasteiger partial charge in [-0.15, -0.1) is 0 Å². The van der Waals surface area contributed by atoms with Crippen molar-refractivity contribution in [3.63, 3.8) is 0 Å². The molecule has 2 atom stereocenters. The van der Waals surface area contributed by atoms with E-state index in [4.69, 9.17) is 0 Å². The van der Waals surface area contributed by atoms with Gasteiger partial charge >= 0.3 is 0 Å². The number of hydrogen-bond donors (Lipinski definition) is 2. The van der Waals surface area contributed by atoms with Crippen LogP contribution in [0.1, 0.15) is 46.9 Å². The van der Waals surface area contributed by atoms with Gasteiger partial charge in [0.1, 0.15) is 5.82 Å². The number of nitrogens with one attached hydrogen (secondary N) is 2. The Morgan fingerprint density at radius 3 is 2.38 bits per heavy atom. The molecule has 2 aromatic rings. The fraction of sp³-hybridized carbons (Fsp3) is 0.318. The molecule has 5 nitrogen and oxygen atoms in total. The molecular weight excluding hydrogens is 391 g/mol. The summed E-state index contributed by atoms with van der Waals surface area (Å²) in [5, 5.41) is 6.82. The lowest BCUT2D eigenvalue weighted by Crippen LogP contribution is -2.31. The average Bonchev–Trinajstić information content (AvgIpc) is 2.59. The van der Waals surface area contributed by atoms with Crippen LogP contribution in [0, 0.1) is 19.7 Å². The third kappa shape index (κ3) is 6.71. The summed E-state index contributed by atoms with van der Waals surface area (Å²) in [6.45, 7) is 7.67. The number of anilines is 1. The van der Waals surface area contributed by atoms with Gasteiger partial charge in [0, 0.05) is 29.4 Å². The molecule has 0 aliphatic heterocycles. The molecule has 0 aliphatic rings. The van der Waals surface area contributed by atoms with Crippen molar-refractivity contribution in [1.29, 1.82) is 0 Å². The van der Waals surface area contributed by atoms with Gasteiger partial charge in [0.2, 0.25) is 0 Å². The van der Waals surface area contributed by atoms with E-state index in [1.165, 1.54) is 23.8 Å². The van der Waals surface area contributed by atoms with E-state index in [1.807, 2.05) is 32.9 Å². The van der Waals surface area contributed by atoms with Gasteiger partial charge in [0.25, 0.3) is 5.91 Å². The van der Waals surface area contributed by atoms with E-state index in [-0.39, 0.29) is 11.6 Å². The third-order valence-corrected chi connectivity index (χ3v) is 5.11. The predicted octanol–water partition coefficient (Wildman–Crippen LogP) is 4.29. The second-order valence-electron chi connectivity index (χ2n) is 7.34. The quantitative estimate of drug-likeness (QED) is 0.703. The van der Waals surface area contributed by atoms with Gasteiger partial charge in [-0.05, 0) is 57.0 Å². The van der Waals surface area contributed by atoms with Crippen molar-refractivity contribution in [1.82, 2.24) is 5.32 Å². The van der Waals surface area contributed by atoms with Gasteiger partial charge in [-0.3, -0.25) is 4.79 Å². The minimum absolute atomic E-state index is 0.0316. The molecule has 7 heteroatoms.